The highest BCUT2D eigenvalue weighted by Crippen LogP contribution is 2.25. The van der Waals surface area contributed by atoms with Gasteiger partial charge in [-0.15, -0.1) is 0 Å². The summed E-state index contributed by atoms with van der Waals surface area (Å²) in [4.78, 5) is 4.53. The average Bonchev–Trinajstić information content (AvgIpc) is 2.36. The number of hydrogen-bond acceptors (Lipinski definition) is 2. The van der Waals surface area contributed by atoms with Gasteiger partial charge in [-0.1, -0.05) is 25.1 Å². The highest BCUT2D eigenvalue weighted by molar-refractivity contribution is 9.10. The molecule has 0 aliphatic rings. The van der Waals surface area contributed by atoms with Crippen LogP contribution in [0.1, 0.15) is 23.7 Å². The van der Waals surface area contributed by atoms with Gasteiger partial charge in [0.15, 0.2) is 0 Å². The number of nitrogens with zero attached hydrogens (tertiary/aromatic N) is 1. The van der Waals surface area contributed by atoms with E-state index in [0.29, 0.717) is 0 Å². The first-order chi connectivity index (χ1) is 8.61. The van der Waals surface area contributed by atoms with Crippen molar-refractivity contribution < 1.29 is 0 Å². The number of rotatable bonds is 3. The largest absolute Gasteiger partial charge is 0.340 e. The van der Waals surface area contributed by atoms with Crippen molar-refractivity contribution in [3.8, 4) is 0 Å². The first-order valence-electron chi connectivity index (χ1n) is 6.10. The van der Waals surface area contributed by atoms with Crippen LogP contribution in [-0.2, 0) is 6.42 Å². The van der Waals surface area contributed by atoms with Crippen LogP contribution >= 0.6 is 15.9 Å². The van der Waals surface area contributed by atoms with E-state index in [0.717, 1.165) is 22.4 Å². The number of para-hydroxylation sites is 1. The molecule has 0 radical (unpaired) electrons. The summed E-state index contributed by atoms with van der Waals surface area (Å²) in [5, 5.41) is 3.43. The van der Waals surface area contributed by atoms with E-state index in [4.69, 9.17) is 0 Å². The standard InChI is InChI=1S/C15H17BrN2/c1-4-12-7-5-6-10(2)15(12)18-14-9-8-13(16)11(3)17-14/h5-9H,4H2,1-3H3,(H,17,18). The SMILES string of the molecule is CCc1cccc(C)c1Nc1ccc(Br)c(C)n1. The second-order valence-electron chi connectivity index (χ2n) is 4.35. The predicted molar refractivity (Wildman–Crippen MR) is 80.5 cm³/mol. The minimum atomic E-state index is 0.889. The van der Waals surface area contributed by atoms with Gasteiger partial charge in [0.25, 0.3) is 0 Å². The van der Waals surface area contributed by atoms with Gasteiger partial charge in [-0.3, -0.25) is 0 Å². The van der Waals surface area contributed by atoms with Gasteiger partial charge in [0.05, 0.1) is 5.69 Å². The van der Waals surface area contributed by atoms with E-state index in [9.17, 15) is 0 Å². The van der Waals surface area contributed by atoms with Gasteiger partial charge in [-0.05, 0) is 59.5 Å². The second-order valence-corrected chi connectivity index (χ2v) is 5.21. The lowest BCUT2D eigenvalue weighted by Crippen LogP contribution is -2.00. The van der Waals surface area contributed by atoms with Gasteiger partial charge in [-0.2, -0.15) is 0 Å². The summed E-state index contributed by atoms with van der Waals surface area (Å²) in [5.74, 6) is 0.889. The molecule has 0 atom stereocenters. The molecule has 2 aromatic rings. The molecule has 1 aromatic heterocycles. The van der Waals surface area contributed by atoms with Crippen LogP contribution in [0.25, 0.3) is 0 Å². The Kier molecular flexibility index (Phi) is 4.02. The summed E-state index contributed by atoms with van der Waals surface area (Å²) in [5.41, 5.74) is 4.73. The zero-order valence-corrected chi connectivity index (χ0v) is 12.5. The molecule has 2 rings (SSSR count). The lowest BCUT2D eigenvalue weighted by Gasteiger charge is -2.14. The minimum absolute atomic E-state index is 0.889. The Hall–Kier alpha value is -1.35. The molecule has 0 saturated heterocycles. The third-order valence-corrected chi connectivity index (χ3v) is 3.85. The highest BCUT2D eigenvalue weighted by Gasteiger charge is 2.06. The molecule has 0 bridgehead atoms. The maximum atomic E-state index is 4.53. The summed E-state index contributed by atoms with van der Waals surface area (Å²) in [6.45, 7) is 6.28. The van der Waals surface area contributed by atoms with Gasteiger partial charge in [-0.25, -0.2) is 4.98 Å². The second kappa shape index (κ2) is 5.53. The van der Waals surface area contributed by atoms with E-state index in [1.165, 1.54) is 16.8 Å². The molecular weight excluding hydrogens is 288 g/mol. The zero-order valence-electron chi connectivity index (χ0n) is 10.9. The first kappa shape index (κ1) is 13.1. The van der Waals surface area contributed by atoms with Crippen LogP contribution in [-0.4, -0.2) is 4.98 Å². The Morgan fingerprint density at radius 3 is 2.61 bits per heavy atom. The van der Waals surface area contributed by atoms with Crippen LogP contribution in [0.3, 0.4) is 0 Å². The van der Waals surface area contributed by atoms with Crippen LogP contribution in [0.15, 0.2) is 34.8 Å². The fourth-order valence-corrected chi connectivity index (χ4v) is 2.16. The third kappa shape index (κ3) is 2.72. The van der Waals surface area contributed by atoms with Gasteiger partial charge >= 0.3 is 0 Å². The van der Waals surface area contributed by atoms with Gasteiger partial charge < -0.3 is 5.32 Å². The summed E-state index contributed by atoms with van der Waals surface area (Å²) < 4.78 is 1.04. The molecule has 94 valence electrons. The number of nitrogens with one attached hydrogen (secondary N) is 1. The molecule has 0 amide bonds. The first-order valence-corrected chi connectivity index (χ1v) is 6.89. The topological polar surface area (TPSA) is 24.9 Å². The van der Waals surface area contributed by atoms with Crippen molar-refractivity contribution in [3.63, 3.8) is 0 Å². The lowest BCUT2D eigenvalue weighted by molar-refractivity contribution is 1.12. The number of aromatic nitrogens is 1. The van der Waals surface area contributed by atoms with Crippen molar-refractivity contribution in [2.24, 2.45) is 0 Å². The number of anilines is 2. The van der Waals surface area contributed by atoms with Crippen molar-refractivity contribution >= 4 is 27.4 Å². The predicted octanol–water partition coefficient (Wildman–Crippen LogP) is 4.77. The van der Waals surface area contributed by atoms with Gasteiger partial charge in [0.2, 0.25) is 0 Å². The summed E-state index contributed by atoms with van der Waals surface area (Å²) >= 11 is 3.47. The summed E-state index contributed by atoms with van der Waals surface area (Å²) in [6.07, 6.45) is 1.01. The molecule has 1 N–H and O–H groups in total. The van der Waals surface area contributed by atoms with Crippen LogP contribution in [0.4, 0.5) is 11.5 Å². The monoisotopic (exact) mass is 304 g/mol. The van der Waals surface area contributed by atoms with Crippen molar-refractivity contribution in [2.45, 2.75) is 27.2 Å². The molecule has 1 heterocycles. The highest BCUT2D eigenvalue weighted by atomic mass is 79.9. The summed E-state index contributed by atoms with van der Waals surface area (Å²) in [7, 11) is 0. The van der Waals surface area contributed by atoms with Crippen LogP contribution in [0.5, 0.6) is 0 Å². The normalized spacial score (nSPS) is 10.4. The molecule has 0 saturated carbocycles. The molecule has 2 nitrogen and oxygen atoms in total. The Morgan fingerprint density at radius 1 is 1.17 bits per heavy atom. The molecule has 0 aliphatic carbocycles. The van der Waals surface area contributed by atoms with E-state index < -0.39 is 0 Å². The molecule has 3 heteroatoms. The molecular formula is C15H17BrN2. The maximum absolute atomic E-state index is 4.53. The molecule has 0 fully saturated rings. The molecule has 1 aromatic carbocycles. The van der Waals surface area contributed by atoms with Crippen molar-refractivity contribution in [1.29, 1.82) is 0 Å². The van der Waals surface area contributed by atoms with Crippen molar-refractivity contribution in [2.75, 3.05) is 5.32 Å². The van der Waals surface area contributed by atoms with E-state index in [2.05, 4.69) is 58.3 Å². The summed E-state index contributed by atoms with van der Waals surface area (Å²) in [6, 6.07) is 10.4. The fraction of sp³-hybridized carbons (Fsp3) is 0.267. The van der Waals surface area contributed by atoms with Crippen molar-refractivity contribution in [3.05, 3.63) is 51.6 Å². The number of hydrogen-bond donors (Lipinski definition) is 1. The third-order valence-electron chi connectivity index (χ3n) is 3.01. The van der Waals surface area contributed by atoms with Crippen LogP contribution in [0, 0.1) is 13.8 Å². The molecule has 0 unspecified atom stereocenters. The minimum Gasteiger partial charge on any atom is -0.340 e. The Morgan fingerprint density at radius 2 is 1.94 bits per heavy atom. The van der Waals surface area contributed by atoms with Crippen molar-refractivity contribution in [1.82, 2.24) is 4.98 Å². The molecule has 0 spiro atoms. The van der Waals surface area contributed by atoms with Gasteiger partial charge in [0.1, 0.15) is 5.82 Å². The molecule has 18 heavy (non-hydrogen) atoms. The number of benzene rings is 1. The number of halogens is 1. The van der Waals surface area contributed by atoms with Crippen LogP contribution in [0.2, 0.25) is 0 Å². The Bertz CT molecular complexity index is 564. The average molecular weight is 305 g/mol. The quantitative estimate of drug-likeness (QED) is 0.883. The smallest absolute Gasteiger partial charge is 0.130 e. The lowest BCUT2D eigenvalue weighted by atomic mass is 10.1. The number of pyridine rings is 1. The van der Waals surface area contributed by atoms with E-state index in [1.807, 2.05) is 19.1 Å². The fourth-order valence-electron chi connectivity index (χ4n) is 1.94. The van der Waals surface area contributed by atoms with E-state index in [-0.39, 0.29) is 0 Å². The number of aryl methyl sites for hydroxylation is 3. The Labute approximate surface area is 117 Å². The van der Waals surface area contributed by atoms with Crippen LogP contribution < -0.4 is 5.32 Å². The van der Waals surface area contributed by atoms with E-state index in [1.54, 1.807) is 0 Å². The molecule has 0 aliphatic heterocycles. The Balaban J connectivity index is 2.36. The van der Waals surface area contributed by atoms with E-state index >= 15 is 0 Å². The maximum Gasteiger partial charge on any atom is 0.130 e. The zero-order chi connectivity index (χ0) is 13.1. The van der Waals surface area contributed by atoms with Gasteiger partial charge in [0, 0.05) is 10.2 Å².